The largest absolute Gasteiger partial charge is 0.473 e. The Morgan fingerprint density at radius 2 is 1.07 bits per heavy atom. The van der Waals surface area contributed by atoms with Gasteiger partial charge in [-0.3, -0.25) is 0 Å². The molecule has 3 nitrogen and oxygen atoms in total. The maximum Gasteiger partial charge on any atom is 0.132 e. The van der Waals surface area contributed by atoms with Crippen LogP contribution >= 0.6 is 0 Å². The molecular weight excluding hydrogens is 206 g/mol. The van der Waals surface area contributed by atoms with E-state index in [9.17, 15) is 9.05 Å². The lowest BCUT2D eigenvalue weighted by Gasteiger charge is -1.87. The molecule has 0 N–H and O–H groups in total. The van der Waals surface area contributed by atoms with E-state index in [0.29, 0.717) is 12.8 Å². The summed E-state index contributed by atoms with van der Waals surface area (Å²) in [5.41, 5.74) is 0. The molecule has 5 heteroatoms. The van der Waals surface area contributed by atoms with Crippen molar-refractivity contribution in [1.29, 1.82) is 0 Å². The maximum absolute atomic E-state index is 11.1. The van der Waals surface area contributed by atoms with Gasteiger partial charge in [0.15, 0.2) is 0 Å². The van der Waals surface area contributed by atoms with E-state index < -0.39 is 0 Å². The first kappa shape index (κ1) is 13.2. The van der Waals surface area contributed by atoms with E-state index in [2.05, 4.69) is 9.88 Å². The van der Waals surface area contributed by atoms with Crippen LogP contribution in [0.2, 0.25) is 0 Å². The Morgan fingerprint density at radius 1 is 0.667 bits per heavy atom. The summed E-state index contributed by atoms with van der Waals surface area (Å²) in [5.74, 6) is 0. The Morgan fingerprint density at radius 3 is 1.47 bits per heavy atom. The molecule has 0 bridgehead atoms. The number of hydrogen-bond acceptors (Lipinski definition) is 3. The van der Waals surface area contributed by atoms with E-state index in [1.165, 1.54) is 24.7 Å². The van der Waals surface area contributed by atoms with Crippen LogP contribution in [0.4, 0.5) is 9.05 Å². The average molecular weight is 218 g/mol. The van der Waals surface area contributed by atoms with Crippen molar-refractivity contribution in [3.05, 3.63) is 49.4 Å². The predicted octanol–water partition coefficient (Wildman–Crippen LogP) is 3.64. The second kappa shape index (κ2) is 12.2. The van der Waals surface area contributed by atoms with Crippen molar-refractivity contribution < 1.29 is 23.7 Å². The molecule has 0 heterocycles. The van der Waals surface area contributed by atoms with E-state index in [-0.39, 0.29) is 0 Å². The van der Waals surface area contributed by atoms with Gasteiger partial charge in [0.1, 0.15) is 12.5 Å². The Bertz CT molecular complexity index is 211. The summed E-state index contributed by atoms with van der Waals surface area (Å²) < 4.78 is 27.0. The van der Waals surface area contributed by atoms with Crippen LogP contribution in [0, 0.1) is 0 Å². The molecule has 0 fully saturated rings. The fourth-order valence-corrected chi connectivity index (χ4v) is 0.609. The van der Waals surface area contributed by atoms with Crippen LogP contribution < -0.4 is 0 Å². The molecule has 0 radical (unpaired) electrons. The second-order valence-electron chi connectivity index (χ2n) is 2.27. The highest BCUT2D eigenvalue weighted by molar-refractivity contribution is 4.89. The summed E-state index contributed by atoms with van der Waals surface area (Å²) in [6.45, 7) is 0. The average Bonchev–Trinajstić information content (AvgIpc) is 2.26. The summed E-state index contributed by atoms with van der Waals surface area (Å²) >= 11 is 0. The standard InChI is InChI=1S/C10H12F2O3/c11-14-9-5-1-3-7-13-8-4-2-6-10-15-12/h3-10H,1-2H2. The van der Waals surface area contributed by atoms with Crippen molar-refractivity contribution in [1.82, 2.24) is 0 Å². The van der Waals surface area contributed by atoms with E-state index >= 15 is 0 Å². The molecule has 0 aromatic rings. The van der Waals surface area contributed by atoms with Gasteiger partial charge >= 0.3 is 0 Å². The van der Waals surface area contributed by atoms with E-state index in [0.717, 1.165) is 12.5 Å². The lowest BCUT2D eigenvalue weighted by molar-refractivity contribution is -0.0620. The summed E-state index contributed by atoms with van der Waals surface area (Å²) in [4.78, 5) is 6.41. The third-order valence-corrected chi connectivity index (χ3v) is 1.19. The summed E-state index contributed by atoms with van der Waals surface area (Å²) in [5, 5.41) is 0. The van der Waals surface area contributed by atoms with Crippen molar-refractivity contribution >= 4 is 0 Å². The number of hydrogen-bond donors (Lipinski definition) is 0. The monoisotopic (exact) mass is 218 g/mol. The third kappa shape index (κ3) is 12.2. The first-order chi connectivity index (χ1) is 7.41. The number of allylic oxidation sites excluding steroid dienone is 4. The SMILES string of the molecule is FOC=CCC=COC=CCC=COF. The molecule has 0 aromatic heterocycles. The van der Waals surface area contributed by atoms with Crippen molar-refractivity contribution in [3.63, 3.8) is 0 Å². The molecule has 15 heavy (non-hydrogen) atoms. The molecule has 0 aromatic carbocycles. The molecule has 0 spiro atoms. The van der Waals surface area contributed by atoms with Gasteiger partial charge in [0.2, 0.25) is 0 Å². The van der Waals surface area contributed by atoms with Crippen LogP contribution in [0.25, 0.3) is 0 Å². The Hall–Kier alpha value is -1.78. The van der Waals surface area contributed by atoms with Gasteiger partial charge in [0.25, 0.3) is 0 Å². The molecule has 0 atom stereocenters. The van der Waals surface area contributed by atoms with Crippen molar-refractivity contribution in [3.8, 4) is 0 Å². The van der Waals surface area contributed by atoms with Gasteiger partial charge in [-0.25, -0.2) is 0 Å². The highest BCUT2D eigenvalue weighted by Crippen LogP contribution is 1.91. The number of rotatable bonds is 8. The van der Waals surface area contributed by atoms with E-state index in [1.54, 1.807) is 12.2 Å². The molecule has 0 saturated carbocycles. The first-order valence-electron chi connectivity index (χ1n) is 4.22. The van der Waals surface area contributed by atoms with E-state index in [4.69, 9.17) is 4.74 Å². The smallest absolute Gasteiger partial charge is 0.132 e. The topological polar surface area (TPSA) is 27.7 Å². The van der Waals surface area contributed by atoms with Gasteiger partial charge in [-0.1, -0.05) is 0 Å². The normalized spacial score (nSPS) is 12.1. The summed E-state index contributed by atoms with van der Waals surface area (Å²) in [7, 11) is 0. The highest BCUT2D eigenvalue weighted by Gasteiger charge is 1.74. The zero-order valence-corrected chi connectivity index (χ0v) is 8.01. The third-order valence-electron chi connectivity index (χ3n) is 1.19. The first-order valence-corrected chi connectivity index (χ1v) is 4.22. The van der Waals surface area contributed by atoms with Gasteiger partial charge in [-0.05, 0) is 37.1 Å². The zero-order valence-electron chi connectivity index (χ0n) is 8.01. The molecule has 0 amide bonds. The molecular formula is C10H12F2O3. The number of ether oxygens (including phenoxy) is 1. The minimum Gasteiger partial charge on any atom is -0.473 e. The van der Waals surface area contributed by atoms with Crippen LogP contribution in [0.1, 0.15) is 12.8 Å². The fourth-order valence-electron chi connectivity index (χ4n) is 0.609. The van der Waals surface area contributed by atoms with Crippen molar-refractivity contribution in [2.75, 3.05) is 0 Å². The van der Waals surface area contributed by atoms with Gasteiger partial charge in [-0.15, -0.1) is 0 Å². The Labute approximate surface area is 86.7 Å². The van der Waals surface area contributed by atoms with Crippen LogP contribution in [-0.2, 0) is 14.6 Å². The van der Waals surface area contributed by atoms with Crippen LogP contribution in [0.5, 0.6) is 0 Å². The van der Waals surface area contributed by atoms with Crippen molar-refractivity contribution in [2.24, 2.45) is 0 Å². The van der Waals surface area contributed by atoms with Crippen LogP contribution in [0.15, 0.2) is 49.4 Å². The maximum atomic E-state index is 11.1. The van der Waals surface area contributed by atoms with Gasteiger partial charge in [0, 0.05) is 9.05 Å². The van der Waals surface area contributed by atoms with Crippen LogP contribution in [-0.4, -0.2) is 0 Å². The molecule has 84 valence electrons. The number of halogens is 2. The minimum atomic E-state index is 0.507. The molecule has 0 saturated heterocycles. The lowest BCUT2D eigenvalue weighted by Crippen LogP contribution is -1.67. The van der Waals surface area contributed by atoms with Gasteiger partial charge < -0.3 is 14.6 Å². The molecule has 0 aliphatic carbocycles. The highest BCUT2D eigenvalue weighted by atomic mass is 19.3. The second-order valence-corrected chi connectivity index (χ2v) is 2.27. The molecule has 0 rings (SSSR count). The molecule has 0 aliphatic rings. The van der Waals surface area contributed by atoms with E-state index in [1.807, 2.05) is 0 Å². The zero-order chi connectivity index (χ0) is 11.2. The molecule has 0 unspecified atom stereocenters. The summed E-state index contributed by atoms with van der Waals surface area (Å²) in [6, 6.07) is 0. The van der Waals surface area contributed by atoms with Crippen molar-refractivity contribution in [2.45, 2.75) is 12.8 Å². The Balaban J connectivity index is 3.36. The quantitative estimate of drug-likeness (QED) is 0.582. The van der Waals surface area contributed by atoms with Gasteiger partial charge in [0.05, 0.1) is 12.5 Å². The lowest BCUT2D eigenvalue weighted by atomic mass is 10.4. The van der Waals surface area contributed by atoms with Gasteiger partial charge in [-0.2, -0.15) is 0 Å². The summed E-state index contributed by atoms with van der Waals surface area (Å²) in [6.07, 6.45) is 12.0. The Kier molecular flexibility index (Phi) is 10.8. The minimum absolute atomic E-state index is 0.507. The fraction of sp³-hybridized carbons (Fsp3) is 0.200. The van der Waals surface area contributed by atoms with Crippen LogP contribution in [0.3, 0.4) is 0 Å². The molecule has 0 aliphatic heterocycles. The predicted molar refractivity (Wildman–Crippen MR) is 51.3 cm³/mol.